The Morgan fingerprint density at radius 3 is 2.20 bits per heavy atom. The maximum atomic E-state index is 9.54. The van der Waals surface area contributed by atoms with Crippen LogP contribution in [-0.2, 0) is 18.9 Å². The zero-order valence-corrected chi connectivity index (χ0v) is 9.12. The maximum absolute atomic E-state index is 9.54. The minimum Gasteiger partial charge on any atom is -0.394 e. The van der Waals surface area contributed by atoms with E-state index in [9.17, 15) is 5.11 Å². The Labute approximate surface area is 88.7 Å². The normalized spacial score (nSPS) is 38.2. The van der Waals surface area contributed by atoms with Gasteiger partial charge in [0.2, 0.25) is 0 Å². The Balaban J connectivity index is 2.72. The van der Waals surface area contributed by atoms with Gasteiger partial charge in [-0.25, -0.2) is 0 Å². The van der Waals surface area contributed by atoms with E-state index in [0.717, 1.165) is 0 Å². The first-order chi connectivity index (χ1) is 7.19. The van der Waals surface area contributed by atoms with Crippen LogP contribution in [0, 0.1) is 0 Å². The number of ether oxygens (including phenoxy) is 4. The molecule has 1 fully saturated rings. The van der Waals surface area contributed by atoms with Crippen molar-refractivity contribution in [3.63, 3.8) is 0 Å². The minimum absolute atomic E-state index is 0.204. The highest BCUT2D eigenvalue weighted by Crippen LogP contribution is 2.27. The van der Waals surface area contributed by atoms with Crippen molar-refractivity contribution in [3.05, 3.63) is 0 Å². The van der Waals surface area contributed by atoms with Crippen LogP contribution in [-0.4, -0.2) is 68.9 Å². The van der Waals surface area contributed by atoms with Crippen molar-refractivity contribution in [2.75, 3.05) is 27.9 Å². The molecule has 0 unspecified atom stereocenters. The first-order valence-corrected chi connectivity index (χ1v) is 4.72. The SMILES string of the molecule is CO[C@@H]1[C@@H](OC)[C@@H](O)O[C@@H]1[C@@H](CO)OC. The van der Waals surface area contributed by atoms with Crippen molar-refractivity contribution in [1.82, 2.24) is 0 Å². The molecule has 1 heterocycles. The van der Waals surface area contributed by atoms with Gasteiger partial charge in [-0.05, 0) is 0 Å². The Bertz CT molecular complexity index is 183. The summed E-state index contributed by atoms with van der Waals surface area (Å²) in [6.45, 7) is -0.204. The second-order valence-corrected chi connectivity index (χ2v) is 3.35. The van der Waals surface area contributed by atoms with Gasteiger partial charge in [0.25, 0.3) is 0 Å². The van der Waals surface area contributed by atoms with E-state index in [2.05, 4.69) is 0 Å². The summed E-state index contributed by atoms with van der Waals surface area (Å²) >= 11 is 0. The maximum Gasteiger partial charge on any atom is 0.184 e. The lowest BCUT2D eigenvalue weighted by molar-refractivity contribution is -0.159. The molecule has 1 aliphatic rings. The molecule has 1 aliphatic heterocycles. The van der Waals surface area contributed by atoms with Gasteiger partial charge in [-0.15, -0.1) is 0 Å². The molecule has 0 aromatic rings. The molecule has 2 N–H and O–H groups in total. The summed E-state index contributed by atoms with van der Waals surface area (Å²) in [4.78, 5) is 0. The third-order valence-electron chi connectivity index (χ3n) is 2.62. The molecule has 90 valence electrons. The van der Waals surface area contributed by atoms with Gasteiger partial charge in [-0.2, -0.15) is 0 Å². The summed E-state index contributed by atoms with van der Waals surface area (Å²) in [7, 11) is 4.42. The van der Waals surface area contributed by atoms with Gasteiger partial charge in [-0.1, -0.05) is 0 Å². The van der Waals surface area contributed by atoms with Crippen LogP contribution in [0.25, 0.3) is 0 Å². The average Bonchev–Trinajstić information content (AvgIpc) is 2.56. The summed E-state index contributed by atoms with van der Waals surface area (Å²) in [6, 6.07) is 0. The standard InChI is InChI=1S/C9H18O6/c1-12-5(4-10)6-7(13-2)8(14-3)9(11)15-6/h5-11H,4H2,1-3H3/t5-,6-,7+,8-,9+/m1/s1. The van der Waals surface area contributed by atoms with E-state index in [1.54, 1.807) is 0 Å². The fourth-order valence-corrected chi connectivity index (χ4v) is 1.80. The van der Waals surface area contributed by atoms with Crippen molar-refractivity contribution in [2.24, 2.45) is 0 Å². The lowest BCUT2D eigenvalue weighted by Gasteiger charge is -2.25. The molecule has 0 spiro atoms. The Hall–Kier alpha value is -0.240. The molecule has 0 aromatic carbocycles. The van der Waals surface area contributed by atoms with E-state index in [1.807, 2.05) is 0 Å². The van der Waals surface area contributed by atoms with E-state index >= 15 is 0 Å². The number of rotatable bonds is 5. The molecule has 0 bridgehead atoms. The Morgan fingerprint density at radius 1 is 1.20 bits per heavy atom. The van der Waals surface area contributed by atoms with Gasteiger partial charge >= 0.3 is 0 Å². The molecule has 0 amide bonds. The highest BCUT2D eigenvalue weighted by molar-refractivity contribution is 4.92. The van der Waals surface area contributed by atoms with Crippen LogP contribution >= 0.6 is 0 Å². The third-order valence-corrected chi connectivity index (χ3v) is 2.62. The lowest BCUT2D eigenvalue weighted by Crippen LogP contribution is -2.43. The summed E-state index contributed by atoms with van der Waals surface area (Å²) in [5.41, 5.74) is 0. The van der Waals surface area contributed by atoms with Crippen molar-refractivity contribution in [1.29, 1.82) is 0 Å². The second-order valence-electron chi connectivity index (χ2n) is 3.35. The molecule has 5 atom stereocenters. The second kappa shape index (κ2) is 5.74. The van der Waals surface area contributed by atoms with E-state index in [-0.39, 0.29) is 6.61 Å². The molecule has 0 radical (unpaired) electrons. The van der Waals surface area contributed by atoms with Crippen LogP contribution in [0.5, 0.6) is 0 Å². The Morgan fingerprint density at radius 2 is 1.80 bits per heavy atom. The predicted octanol–water partition coefficient (Wildman–Crippen LogP) is -1.26. The summed E-state index contributed by atoms with van der Waals surface area (Å²) in [5, 5.41) is 18.6. The van der Waals surface area contributed by atoms with E-state index in [0.29, 0.717) is 0 Å². The highest BCUT2D eigenvalue weighted by Gasteiger charge is 2.48. The third kappa shape index (κ3) is 2.47. The van der Waals surface area contributed by atoms with Crippen LogP contribution in [0.2, 0.25) is 0 Å². The summed E-state index contributed by atoms with van der Waals surface area (Å²) in [5.74, 6) is 0. The zero-order valence-electron chi connectivity index (χ0n) is 9.12. The van der Waals surface area contributed by atoms with Gasteiger partial charge in [0.05, 0.1) is 6.61 Å². The smallest absolute Gasteiger partial charge is 0.184 e. The van der Waals surface area contributed by atoms with Crippen LogP contribution in [0.1, 0.15) is 0 Å². The van der Waals surface area contributed by atoms with Crippen LogP contribution in [0.15, 0.2) is 0 Å². The van der Waals surface area contributed by atoms with Gasteiger partial charge in [0, 0.05) is 21.3 Å². The minimum atomic E-state index is -1.06. The number of aliphatic hydroxyl groups excluding tert-OH is 2. The first-order valence-electron chi connectivity index (χ1n) is 4.72. The van der Waals surface area contributed by atoms with Crippen LogP contribution < -0.4 is 0 Å². The van der Waals surface area contributed by atoms with E-state index in [1.165, 1.54) is 21.3 Å². The molecule has 6 heteroatoms. The predicted molar refractivity (Wildman–Crippen MR) is 50.4 cm³/mol. The number of hydrogen-bond donors (Lipinski definition) is 2. The monoisotopic (exact) mass is 222 g/mol. The molecule has 1 rings (SSSR count). The fourth-order valence-electron chi connectivity index (χ4n) is 1.80. The molecule has 6 nitrogen and oxygen atoms in total. The molecule has 15 heavy (non-hydrogen) atoms. The molecule has 0 aliphatic carbocycles. The van der Waals surface area contributed by atoms with Gasteiger partial charge in [0.1, 0.15) is 24.4 Å². The van der Waals surface area contributed by atoms with Gasteiger partial charge < -0.3 is 29.2 Å². The van der Waals surface area contributed by atoms with Crippen molar-refractivity contribution in [3.8, 4) is 0 Å². The average molecular weight is 222 g/mol. The summed E-state index contributed by atoms with van der Waals surface area (Å²) in [6.07, 6.45) is -3.16. The molecule has 1 saturated heterocycles. The van der Waals surface area contributed by atoms with Crippen molar-refractivity contribution >= 4 is 0 Å². The van der Waals surface area contributed by atoms with E-state index < -0.39 is 30.7 Å². The number of methoxy groups -OCH3 is 3. The molecule has 0 saturated carbocycles. The number of aliphatic hydroxyl groups is 2. The molecule has 0 aromatic heterocycles. The highest BCUT2D eigenvalue weighted by atomic mass is 16.7. The molecular formula is C9H18O6. The zero-order chi connectivity index (χ0) is 11.4. The van der Waals surface area contributed by atoms with Gasteiger partial charge in [-0.3, -0.25) is 0 Å². The topological polar surface area (TPSA) is 77.4 Å². The largest absolute Gasteiger partial charge is 0.394 e. The summed E-state index contributed by atoms with van der Waals surface area (Å²) < 4.78 is 20.5. The lowest BCUT2D eigenvalue weighted by atomic mass is 10.1. The number of hydrogen-bond acceptors (Lipinski definition) is 6. The first kappa shape index (κ1) is 12.8. The molecular weight excluding hydrogens is 204 g/mol. The quantitative estimate of drug-likeness (QED) is 0.604. The van der Waals surface area contributed by atoms with Crippen LogP contribution in [0.4, 0.5) is 0 Å². The Kier molecular flexibility index (Phi) is 4.91. The van der Waals surface area contributed by atoms with E-state index in [4.69, 9.17) is 24.1 Å². The van der Waals surface area contributed by atoms with Crippen LogP contribution in [0.3, 0.4) is 0 Å². The van der Waals surface area contributed by atoms with Gasteiger partial charge in [0.15, 0.2) is 6.29 Å². The van der Waals surface area contributed by atoms with Crippen molar-refractivity contribution in [2.45, 2.75) is 30.7 Å². The fraction of sp³-hybridized carbons (Fsp3) is 1.00. The van der Waals surface area contributed by atoms with Crippen molar-refractivity contribution < 1.29 is 29.2 Å².